The highest BCUT2D eigenvalue weighted by molar-refractivity contribution is 6.34. The van der Waals surface area contributed by atoms with Gasteiger partial charge in [-0.2, -0.15) is 5.01 Å². The van der Waals surface area contributed by atoms with Gasteiger partial charge in [-0.05, 0) is 49.8 Å². The Kier molecular flexibility index (Phi) is 5.47. The number of carbonyl (C=O) groups excluding carboxylic acids is 2. The third-order valence-electron chi connectivity index (χ3n) is 5.04. The Bertz CT molecular complexity index is 1270. The lowest BCUT2D eigenvalue weighted by Gasteiger charge is -2.10. The topological polar surface area (TPSA) is 86.9 Å². The molecule has 160 valence electrons. The first kappa shape index (κ1) is 20.9. The molecule has 2 heterocycles. The summed E-state index contributed by atoms with van der Waals surface area (Å²) in [5, 5.41) is 19.1. The first-order chi connectivity index (χ1) is 15.4. The summed E-state index contributed by atoms with van der Waals surface area (Å²) in [5.74, 6) is -0.782. The molecule has 1 aromatic heterocycles. The van der Waals surface area contributed by atoms with Crippen LogP contribution < -0.4 is 10.3 Å². The molecular weight excluding hydrogens is 404 g/mol. The van der Waals surface area contributed by atoms with Gasteiger partial charge >= 0.3 is 0 Å². The molecule has 0 aliphatic carbocycles. The third kappa shape index (κ3) is 3.83. The molecule has 1 aliphatic rings. The SMILES string of the molecule is C=C(C)C(=O)NC1=NN(c2ccccc2)C(=O)C1=Cc1c(C)cn(-c2ccccc2)c1O. The fourth-order valence-corrected chi connectivity index (χ4v) is 3.33. The Hall–Kier alpha value is -4.39. The number of carbonyl (C=O) groups is 2. The lowest BCUT2D eigenvalue weighted by atomic mass is 10.1. The number of anilines is 1. The van der Waals surface area contributed by atoms with E-state index >= 15 is 0 Å². The van der Waals surface area contributed by atoms with E-state index in [1.54, 1.807) is 48.0 Å². The number of benzene rings is 2. The highest BCUT2D eigenvalue weighted by Gasteiger charge is 2.33. The molecule has 2 amide bonds. The fourth-order valence-electron chi connectivity index (χ4n) is 3.33. The van der Waals surface area contributed by atoms with Crippen molar-refractivity contribution >= 4 is 29.4 Å². The zero-order chi connectivity index (χ0) is 22.8. The van der Waals surface area contributed by atoms with Crippen molar-refractivity contribution in [2.75, 3.05) is 5.01 Å². The van der Waals surface area contributed by atoms with Crippen LogP contribution in [0.1, 0.15) is 18.1 Å². The third-order valence-corrected chi connectivity index (χ3v) is 5.04. The number of aryl methyl sites for hydroxylation is 1. The average molecular weight is 426 g/mol. The summed E-state index contributed by atoms with van der Waals surface area (Å²) in [4.78, 5) is 25.5. The number of nitrogens with one attached hydrogen (secondary N) is 1. The van der Waals surface area contributed by atoms with E-state index in [0.29, 0.717) is 11.3 Å². The van der Waals surface area contributed by atoms with Crippen LogP contribution in [0, 0.1) is 6.92 Å². The van der Waals surface area contributed by atoms with Gasteiger partial charge in [-0.3, -0.25) is 14.2 Å². The van der Waals surface area contributed by atoms with E-state index in [1.165, 1.54) is 5.01 Å². The Morgan fingerprint density at radius 3 is 2.25 bits per heavy atom. The number of amidine groups is 1. The van der Waals surface area contributed by atoms with Crippen molar-refractivity contribution in [3.63, 3.8) is 0 Å². The van der Waals surface area contributed by atoms with Gasteiger partial charge in [0.15, 0.2) is 5.84 Å². The minimum absolute atomic E-state index is 0.0160. The smallest absolute Gasteiger partial charge is 0.282 e. The van der Waals surface area contributed by atoms with Crippen molar-refractivity contribution in [3.8, 4) is 11.6 Å². The van der Waals surface area contributed by atoms with Gasteiger partial charge in [-0.25, -0.2) is 0 Å². The van der Waals surface area contributed by atoms with E-state index in [4.69, 9.17) is 0 Å². The van der Waals surface area contributed by atoms with Gasteiger partial charge in [0.05, 0.1) is 11.3 Å². The minimum Gasteiger partial charge on any atom is -0.494 e. The van der Waals surface area contributed by atoms with Crippen LogP contribution >= 0.6 is 0 Å². The maximum Gasteiger partial charge on any atom is 0.282 e. The Balaban J connectivity index is 1.79. The van der Waals surface area contributed by atoms with Gasteiger partial charge in [0.2, 0.25) is 5.88 Å². The number of aromatic hydroxyl groups is 1. The summed E-state index contributed by atoms with van der Waals surface area (Å²) in [7, 11) is 0. The molecule has 0 unspecified atom stereocenters. The molecule has 3 aromatic rings. The van der Waals surface area contributed by atoms with Crippen LogP contribution in [-0.4, -0.2) is 27.3 Å². The lowest BCUT2D eigenvalue weighted by Crippen LogP contribution is -2.31. The maximum absolute atomic E-state index is 13.3. The summed E-state index contributed by atoms with van der Waals surface area (Å²) >= 11 is 0. The van der Waals surface area contributed by atoms with Crippen LogP contribution in [0.15, 0.2) is 89.7 Å². The Morgan fingerprint density at radius 2 is 1.66 bits per heavy atom. The van der Waals surface area contributed by atoms with Crippen molar-refractivity contribution in [1.29, 1.82) is 0 Å². The van der Waals surface area contributed by atoms with E-state index < -0.39 is 11.8 Å². The summed E-state index contributed by atoms with van der Waals surface area (Å²) in [6.45, 7) is 7.05. The number of nitrogens with zero attached hydrogens (tertiary/aromatic N) is 3. The highest BCUT2D eigenvalue weighted by atomic mass is 16.3. The van der Waals surface area contributed by atoms with Gasteiger partial charge in [-0.15, -0.1) is 5.10 Å². The molecular formula is C25H22N4O3. The van der Waals surface area contributed by atoms with Crippen LogP contribution in [0.4, 0.5) is 5.69 Å². The number of aromatic nitrogens is 1. The van der Waals surface area contributed by atoms with Crippen LogP contribution in [0.3, 0.4) is 0 Å². The normalized spacial score (nSPS) is 14.6. The van der Waals surface area contributed by atoms with Crippen molar-refractivity contribution < 1.29 is 14.7 Å². The van der Waals surface area contributed by atoms with E-state index in [0.717, 1.165) is 11.3 Å². The predicted molar refractivity (Wildman–Crippen MR) is 124 cm³/mol. The van der Waals surface area contributed by atoms with Crippen LogP contribution in [0.5, 0.6) is 5.88 Å². The maximum atomic E-state index is 13.3. The minimum atomic E-state index is -0.444. The number of amides is 2. The predicted octanol–water partition coefficient (Wildman–Crippen LogP) is 3.93. The number of hydrazone groups is 1. The molecule has 32 heavy (non-hydrogen) atoms. The van der Waals surface area contributed by atoms with Gasteiger partial charge in [-0.1, -0.05) is 43.0 Å². The summed E-state index contributed by atoms with van der Waals surface area (Å²) in [6, 6.07) is 18.3. The van der Waals surface area contributed by atoms with Gasteiger partial charge in [0.1, 0.15) is 0 Å². The first-order valence-electron chi connectivity index (χ1n) is 10.00. The molecule has 0 spiro atoms. The van der Waals surface area contributed by atoms with Crippen molar-refractivity contribution in [2.45, 2.75) is 13.8 Å². The van der Waals surface area contributed by atoms with E-state index in [9.17, 15) is 14.7 Å². The lowest BCUT2D eigenvalue weighted by molar-refractivity contribution is -0.116. The van der Waals surface area contributed by atoms with Gasteiger partial charge in [0, 0.05) is 23.0 Å². The fraction of sp³-hybridized carbons (Fsp3) is 0.0800. The van der Waals surface area contributed by atoms with Crippen LogP contribution in [-0.2, 0) is 9.59 Å². The Labute approximate surface area is 185 Å². The zero-order valence-electron chi connectivity index (χ0n) is 17.7. The Morgan fingerprint density at radius 1 is 1.06 bits per heavy atom. The molecule has 0 radical (unpaired) electrons. The molecule has 0 fully saturated rings. The van der Waals surface area contributed by atoms with E-state index in [-0.39, 0.29) is 22.9 Å². The number of rotatable bonds is 4. The highest BCUT2D eigenvalue weighted by Crippen LogP contribution is 2.31. The van der Waals surface area contributed by atoms with Crippen LogP contribution in [0.2, 0.25) is 0 Å². The molecule has 4 rings (SSSR count). The largest absolute Gasteiger partial charge is 0.494 e. The summed E-state index contributed by atoms with van der Waals surface area (Å²) < 4.78 is 1.64. The summed E-state index contributed by atoms with van der Waals surface area (Å²) in [5.41, 5.74) is 3.01. The van der Waals surface area contributed by atoms with E-state index in [2.05, 4.69) is 17.0 Å². The van der Waals surface area contributed by atoms with Crippen molar-refractivity contribution in [1.82, 2.24) is 9.88 Å². The van der Waals surface area contributed by atoms with Crippen LogP contribution in [0.25, 0.3) is 11.8 Å². The number of hydrogen-bond acceptors (Lipinski definition) is 4. The number of para-hydroxylation sites is 2. The summed E-state index contributed by atoms with van der Waals surface area (Å²) in [6.07, 6.45) is 3.33. The zero-order valence-corrected chi connectivity index (χ0v) is 17.7. The molecule has 2 N–H and O–H groups in total. The first-order valence-corrected chi connectivity index (χ1v) is 10.00. The molecule has 0 atom stereocenters. The standard InChI is InChI=1S/C25H22N4O3/c1-16(2)23(30)26-22-21(25(32)29(27-22)19-12-8-5-9-13-19)14-20-17(3)15-28(24(20)31)18-10-6-4-7-11-18/h4-15,31H,1H2,2-3H3,(H,26,27,30). The number of hydrogen-bond donors (Lipinski definition) is 2. The second kappa shape index (κ2) is 8.39. The van der Waals surface area contributed by atoms with Crippen molar-refractivity contribution in [3.05, 3.63) is 95.7 Å². The van der Waals surface area contributed by atoms with Gasteiger partial charge < -0.3 is 10.4 Å². The second-order valence-electron chi connectivity index (χ2n) is 7.45. The quantitative estimate of drug-likeness (QED) is 0.620. The van der Waals surface area contributed by atoms with Gasteiger partial charge in [0.25, 0.3) is 11.8 Å². The molecule has 0 saturated carbocycles. The molecule has 1 aliphatic heterocycles. The monoisotopic (exact) mass is 426 g/mol. The van der Waals surface area contributed by atoms with E-state index in [1.807, 2.05) is 43.3 Å². The average Bonchev–Trinajstić information content (AvgIpc) is 3.26. The second-order valence-corrected chi connectivity index (χ2v) is 7.45. The molecule has 0 bridgehead atoms. The molecule has 0 saturated heterocycles. The molecule has 2 aromatic carbocycles. The molecule has 7 heteroatoms. The molecule has 7 nitrogen and oxygen atoms in total. The van der Waals surface area contributed by atoms with Crippen molar-refractivity contribution in [2.24, 2.45) is 5.10 Å².